The first kappa shape index (κ1) is 21.7. The molecule has 1 heterocycles. The average Bonchev–Trinajstić information content (AvgIpc) is 3.15. The molecule has 0 unspecified atom stereocenters. The molecule has 0 aliphatic rings. The molecule has 3 aromatic carbocycles. The summed E-state index contributed by atoms with van der Waals surface area (Å²) in [6.45, 7) is 0.371. The smallest absolute Gasteiger partial charge is 0.240 e. The predicted molar refractivity (Wildman–Crippen MR) is 123 cm³/mol. The molecule has 0 bridgehead atoms. The van der Waals surface area contributed by atoms with Crippen molar-refractivity contribution in [2.75, 3.05) is 0 Å². The molecule has 1 aromatic heterocycles. The summed E-state index contributed by atoms with van der Waals surface area (Å²) in [5.41, 5.74) is 1.70. The second-order valence-corrected chi connectivity index (χ2v) is 7.75. The molecule has 0 saturated carbocycles. The Bertz CT molecular complexity index is 1270. The monoisotopic (exact) mass is 468 g/mol. The maximum absolute atomic E-state index is 13.0. The molecule has 2 N–H and O–H groups in total. The van der Waals surface area contributed by atoms with Crippen LogP contribution in [0.3, 0.4) is 0 Å². The second kappa shape index (κ2) is 9.76. The lowest BCUT2D eigenvalue weighted by molar-refractivity contribution is -0.121. The number of amides is 1. The number of rotatable bonds is 7. The standard InChI is InChI=1S/C23H18ClFN4O2S/c24-17-5-3-16(4-6-17)22-27-28-23(32)29(22)14-21(30)26-13-15-1-9-19(10-2-15)31-20-11-7-18(25)8-12-20/h1-12H,13-14H2,(H,26,30)(H,28,32). The van der Waals surface area contributed by atoms with E-state index >= 15 is 0 Å². The number of halogens is 2. The van der Waals surface area contributed by atoms with E-state index in [1.807, 2.05) is 24.3 Å². The number of carbonyl (C=O) groups excluding carboxylic acids is 1. The number of nitrogens with one attached hydrogen (secondary N) is 2. The SMILES string of the molecule is O=C(Cn1c(-c2ccc(Cl)cc2)n[nH]c1=S)NCc1ccc(Oc2ccc(F)cc2)cc1. The average molecular weight is 469 g/mol. The summed E-state index contributed by atoms with van der Waals surface area (Å²) in [7, 11) is 0. The van der Waals surface area contributed by atoms with Crippen LogP contribution in [-0.4, -0.2) is 20.7 Å². The minimum absolute atomic E-state index is 0.0268. The number of aromatic nitrogens is 3. The molecule has 32 heavy (non-hydrogen) atoms. The molecule has 0 aliphatic carbocycles. The number of hydrogen-bond acceptors (Lipinski definition) is 4. The highest BCUT2D eigenvalue weighted by atomic mass is 35.5. The fraction of sp³-hybridized carbons (Fsp3) is 0.0870. The lowest BCUT2D eigenvalue weighted by Crippen LogP contribution is -2.27. The summed E-state index contributed by atoms with van der Waals surface area (Å²) >= 11 is 11.2. The van der Waals surface area contributed by atoms with E-state index in [0.29, 0.717) is 33.7 Å². The van der Waals surface area contributed by atoms with Crippen LogP contribution in [0.15, 0.2) is 72.8 Å². The molecule has 0 spiro atoms. The number of nitrogens with zero attached hydrogens (tertiary/aromatic N) is 2. The van der Waals surface area contributed by atoms with Crippen LogP contribution in [0.4, 0.5) is 4.39 Å². The maximum atomic E-state index is 13.0. The van der Waals surface area contributed by atoms with Gasteiger partial charge in [-0.1, -0.05) is 23.7 Å². The minimum Gasteiger partial charge on any atom is -0.457 e. The summed E-state index contributed by atoms with van der Waals surface area (Å²) in [6, 6.07) is 20.2. The molecule has 162 valence electrons. The molecule has 4 rings (SSSR count). The van der Waals surface area contributed by atoms with Gasteiger partial charge >= 0.3 is 0 Å². The third-order valence-corrected chi connectivity index (χ3v) is 5.19. The van der Waals surface area contributed by atoms with E-state index < -0.39 is 0 Å². The lowest BCUT2D eigenvalue weighted by Gasteiger charge is -2.10. The van der Waals surface area contributed by atoms with E-state index in [2.05, 4.69) is 15.5 Å². The second-order valence-electron chi connectivity index (χ2n) is 6.92. The third-order valence-electron chi connectivity index (χ3n) is 4.62. The van der Waals surface area contributed by atoms with Gasteiger partial charge in [0.1, 0.15) is 23.9 Å². The van der Waals surface area contributed by atoms with Crippen molar-refractivity contribution in [2.24, 2.45) is 0 Å². The normalized spacial score (nSPS) is 10.7. The summed E-state index contributed by atoms with van der Waals surface area (Å²) in [6.07, 6.45) is 0. The topological polar surface area (TPSA) is 71.9 Å². The van der Waals surface area contributed by atoms with Crippen LogP contribution < -0.4 is 10.1 Å². The van der Waals surface area contributed by atoms with E-state index in [-0.39, 0.29) is 18.3 Å². The Morgan fingerprint density at radius 2 is 1.66 bits per heavy atom. The summed E-state index contributed by atoms with van der Waals surface area (Å²) < 4.78 is 20.6. The van der Waals surface area contributed by atoms with Gasteiger partial charge in [0.2, 0.25) is 5.91 Å². The number of carbonyl (C=O) groups is 1. The Morgan fingerprint density at radius 3 is 2.31 bits per heavy atom. The van der Waals surface area contributed by atoms with Crippen LogP contribution in [0.5, 0.6) is 11.5 Å². The molecule has 4 aromatic rings. The fourth-order valence-corrected chi connectivity index (χ4v) is 3.32. The first-order valence-corrected chi connectivity index (χ1v) is 10.5. The molecule has 9 heteroatoms. The molecule has 1 amide bonds. The number of aromatic amines is 1. The Kier molecular flexibility index (Phi) is 6.63. The van der Waals surface area contributed by atoms with Gasteiger partial charge in [0.15, 0.2) is 10.6 Å². The van der Waals surface area contributed by atoms with Crippen molar-refractivity contribution in [1.29, 1.82) is 0 Å². The zero-order valence-electron chi connectivity index (χ0n) is 16.7. The highest BCUT2D eigenvalue weighted by Crippen LogP contribution is 2.22. The summed E-state index contributed by atoms with van der Waals surface area (Å²) in [5.74, 6) is 1.19. The van der Waals surface area contributed by atoms with E-state index in [1.165, 1.54) is 12.1 Å². The van der Waals surface area contributed by atoms with E-state index in [1.54, 1.807) is 41.0 Å². The van der Waals surface area contributed by atoms with Crippen molar-refractivity contribution < 1.29 is 13.9 Å². The fourth-order valence-electron chi connectivity index (χ4n) is 3.00. The van der Waals surface area contributed by atoms with Crippen LogP contribution in [0.1, 0.15) is 5.56 Å². The highest BCUT2D eigenvalue weighted by molar-refractivity contribution is 7.71. The molecular weight excluding hydrogens is 451 g/mol. The highest BCUT2D eigenvalue weighted by Gasteiger charge is 2.12. The Labute approximate surface area is 193 Å². The van der Waals surface area contributed by atoms with Gasteiger partial charge in [0.25, 0.3) is 0 Å². The van der Waals surface area contributed by atoms with Crippen LogP contribution in [0.2, 0.25) is 5.02 Å². The van der Waals surface area contributed by atoms with Crippen molar-refractivity contribution >= 4 is 29.7 Å². The Hall–Kier alpha value is -3.49. The Balaban J connectivity index is 1.35. The molecular formula is C23H18ClFN4O2S. The number of H-pyrrole nitrogens is 1. The molecule has 0 aliphatic heterocycles. The maximum Gasteiger partial charge on any atom is 0.240 e. The van der Waals surface area contributed by atoms with Crippen LogP contribution in [0.25, 0.3) is 11.4 Å². The van der Waals surface area contributed by atoms with Gasteiger partial charge in [-0.05, 0) is 78.4 Å². The molecule has 0 radical (unpaired) electrons. The van der Waals surface area contributed by atoms with Crippen molar-refractivity contribution in [2.45, 2.75) is 13.1 Å². The van der Waals surface area contributed by atoms with Crippen molar-refractivity contribution in [3.63, 3.8) is 0 Å². The van der Waals surface area contributed by atoms with Crippen LogP contribution in [0, 0.1) is 10.6 Å². The van der Waals surface area contributed by atoms with Gasteiger partial charge in [-0.3, -0.25) is 14.5 Å². The molecule has 0 fully saturated rings. The van der Waals surface area contributed by atoms with Crippen molar-refractivity contribution in [3.05, 3.63) is 94.0 Å². The Morgan fingerprint density at radius 1 is 1.03 bits per heavy atom. The molecule has 6 nitrogen and oxygen atoms in total. The summed E-state index contributed by atoms with van der Waals surface area (Å²) in [4.78, 5) is 12.5. The van der Waals surface area contributed by atoms with Gasteiger partial charge in [-0.15, -0.1) is 0 Å². The van der Waals surface area contributed by atoms with Gasteiger partial charge < -0.3 is 10.1 Å². The largest absolute Gasteiger partial charge is 0.457 e. The van der Waals surface area contributed by atoms with E-state index in [9.17, 15) is 9.18 Å². The first-order valence-electron chi connectivity index (χ1n) is 9.68. The minimum atomic E-state index is -0.319. The van der Waals surface area contributed by atoms with Gasteiger partial charge in [-0.2, -0.15) is 5.10 Å². The summed E-state index contributed by atoms with van der Waals surface area (Å²) in [5, 5.41) is 10.4. The van der Waals surface area contributed by atoms with Gasteiger partial charge in [0, 0.05) is 17.1 Å². The van der Waals surface area contributed by atoms with E-state index in [0.717, 1.165) is 11.1 Å². The number of ether oxygens (including phenoxy) is 1. The number of benzene rings is 3. The zero-order chi connectivity index (χ0) is 22.5. The predicted octanol–water partition coefficient (Wildman–Crippen LogP) is 5.51. The van der Waals surface area contributed by atoms with Crippen LogP contribution in [-0.2, 0) is 17.9 Å². The quantitative estimate of drug-likeness (QED) is 0.351. The van der Waals surface area contributed by atoms with Crippen LogP contribution >= 0.6 is 23.8 Å². The van der Waals surface area contributed by atoms with Gasteiger partial charge in [-0.25, -0.2) is 4.39 Å². The molecule has 0 saturated heterocycles. The third kappa shape index (κ3) is 5.40. The van der Waals surface area contributed by atoms with E-state index in [4.69, 9.17) is 28.6 Å². The van der Waals surface area contributed by atoms with Crippen molar-refractivity contribution in [3.8, 4) is 22.9 Å². The molecule has 0 atom stereocenters. The van der Waals surface area contributed by atoms with Gasteiger partial charge in [0.05, 0.1) is 0 Å². The first-order chi connectivity index (χ1) is 15.5. The number of hydrogen-bond donors (Lipinski definition) is 2. The lowest BCUT2D eigenvalue weighted by atomic mass is 10.2. The zero-order valence-corrected chi connectivity index (χ0v) is 18.3. The van der Waals surface area contributed by atoms with Crippen molar-refractivity contribution in [1.82, 2.24) is 20.1 Å².